The summed E-state index contributed by atoms with van der Waals surface area (Å²) in [6, 6.07) is 7.37. The Kier molecular flexibility index (Phi) is 12.1. The molecule has 0 amide bonds. The van der Waals surface area contributed by atoms with Gasteiger partial charge in [-0.25, -0.2) is 4.79 Å². The number of nitrogens with zero attached hydrogens (tertiary/aromatic N) is 6. The molecule has 3 fully saturated rings. The molecule has 14 heteroatoms. The summed E-state index contributed by atoms with van der Waals surface area (Å²) in [4.78, 5) is 19.4. The van der Waals surface area contributed by atoms with Crippen molar-refractivity contribution in [3.8, 4) is 0 Å². The van der Waals surface area contributed by atoms with Crippen molar-refractivity contribution in [2.75, 3.05) is 0 Å². The van der Waals surface area contributed by atoms with E-state index in [1.54, 1.807) is 31.2 Å². The number of aliphatic hydroxyl groups is 1. The van der Waals surface area contributed by atoms with Crippen LogP contribution in [0.5, 0.6) is 0 Å². The zero-order valence-corrected chi connectivity index (χ0v) is 26.9. The summed E-state index contributed by atoms with van der Waals surface area (Å²) < 4.78 is 38.0. The summed E-state index contributed by atoms with van der Waals surface area (Å²) in [5.74, 6) is -1.67. The number of azide groups is 2. The molecule has 1 N–H and O–H groups in total. The minimum absolute atomic E-state index is 0.220. The first-order valence-electron chi connectivity index (χ1n) is 15.9. The lowest BCUT2D eigenvalue weighted by Crippen LogP contribution is -2.61. The van der Waals surface area contributed by atoms with Crippen molar-refractivity contribution in [3.05, 3.63) is 56.8 Å². The lowest BCUT2D eigenvalue weighted by Gasteiger charge is -2.50. The number of ether oxygens (including phenoxy) is 6. The highest BCUT2D eigenvalue weighted by Crippen LogP contribution is 2.39. The number of carbonyl (C=O) groups excluding carboxylic acids is 1. The van der Waals surface area contributed by atoms with Gasteiger partial charge in [0.25, 0.3) is 0 Å². The van der Waals surface area contributed by atoms with Gasteiger partial charge in [0.05, 0.1) is 60.4 Å². The highest BCUT2D eigenvalue weighted by Gasteiger charge is 2.52. The summed E-state index contributed by atoms with van der Waals surface area (Å²) in [7, 11) is 0. The second kappa shape index (κ2) is 15.6. The molecule has 14 nitrogen and oxygen atoms in total. The predicted molar refractivity (Wildman–Crippen MR) is 163 cm³/mol. The normalized spacial score (nSPS) is 41.7. The standard InChI is InChI=1S/C31H46N6O8/c1-8-21-25(38)15(3)24(35-37-33)30(42-21)44-26-17(5)28(43-29(39)20-13-11-10-12-14-20)31(41-19(26)7)45-27-16(4)23(34-36-32)18(6)40-22(27)9-2/h10-19,21-28,30-31,38H,8-9H2,1-7H3/t15-,16-,17+,18-,19?,21?,22+,23?,24?,25+,26+,27+,28?,30-,31-/m1/s1. The van der Waals surface area contributed by atoms with Crippen LogP contribution in [0, 0.1) is 17.8 Å². The van der Waals surface area contributed by atoms with Crippen LogP contribution in [-0.4, -0.2) is 84.6 Å². The van der Waals surface area contributed by atoms with E-state index in [0.29, 0.717) is 18.4 Å². The van der Waals surface area contributed by atoms with Crippen molar-refractivity contribution in [1.29, 1.82) is 0 Å². The monoisotopic (exact) mass is 630 g/mol. The maximum Gasteiger partial charge on any atom is 0.338 e. The largest absolute Gasteiger partial charge is 0.453 e. The maximum atomic E-state index is 13.4. The fourth-order valence-corrected chi connectivity index (χ4v) is 6.80. The summed E-state index contributed by atoms with van der Waals surface area (Å²) in [5, 5.41) is 18.6. The number of hydrogen-bond donors (Lipinski definition) is 1. The molecule has 5 unspecified atom stereocenters. The van der Waals surface area contributed by atoms with Crippen LogP contribution in [0.1, 0.15) is 71.7 Å². The summed E-state index contributed by atoms with van der Waals surface area (Å²) in [6.45, 7) is 13.2. The molecular formula is C31H46N6O8. The fraction of sp³-hybridized carbons (Fsp3) is 0.774. The first-order chi connectivity index (χ1) is 21.6. The lowest BCUT2D eigenvalue weighted by molar-refractivity contribution is -0.341. The fourth-order valence-electron chi connectivity index (χ4n) is 6.80. The predicted octanol–water partition coefficient (Wildman–Crippen LogP) is 5.69. The van der Waals surface area contributed by atoms with Crippen LogP contribution in [0.15, 0.2) is 40.6 Å². The van der Waals surface area contributed by atoms with E-state index in [-0.39, 0.29) is 18.1 Å². The van der Waals surface area contributed by atoms with Crippen molar-refractivity contribution >= 4 is 5.97 Å². The summed E-state index contributed by atoms with van der Waals surface area (Å²) >= 11 is 0. The number of hydrogen-bond acceptors (Lipinski definition) is 10. The van der Waals surface area contributed by atoms with E-state index in [2.05, 4.69) is 20.1 Å². The van der Waals surface area contributed by atoms with E-state index in [1.807, 2.05) is 47.6 Å². The van der Waals surface area contributed by atoms with Gasteiger partial charge in [0.2, 0.25) is 0 Å². The smallest absolute Gasteiger partial charge is 0.338 e. The van der Waals surface area contributed by atoms with Crippen LogP contribution in [0.25, 0.3) is 20.9 Å². The Labute approximate surface area is 263 Å². The van der Waals surface area contributed by atoms with E-state index in [9.17, 15) is 21.0 Å². The molecule has 3 heterocycles. The van der Waals surface area contributed by atoms with Crippen LogP contribution in [0.3, 0.4) is 0 Å². The third kappa shape index (κ3) is 7.56. The molecule has 0 aliphatic carbocycles. The van der Waals surface area contributed by atoms with Crippen molar-refractivity contribution in [1.82, 2.24) is 0 Å². The molecule has 0 saturated carbocycles. The SMILES string of the molecule is CCC1O[C@H](O[C@@H]2C(C)O[C@H](O[C@@H]3[C@H](CC)O[C@H](C)C(N=[N+]=[N-])[C@H]3C)C(OC(=O)c3ccccc3)[C@H]2C)C(N=[N+]=[N-])[C@@H](C)[C@@H]1O. The highest BCUT2D eigenvalue weighted by molar-refractivity contribution is 5.89. The van der Waals surface area contributed by atoms with Crippen LogP contribution in [0.4, 0.5) is 0 Å². The lowest BCUT2D eigenvalue weighted by atomic mass is 9.85. The van der Waals surface area contributed by atoms with Gasteiger partial charge in [-0.15, -0.1) is 0 Å². The zero-order chi connectivity index (χ0) is 32.8. The molecule has 3 aliphatic heterocycles. The molecule has 248 valence electrons. The van der Waals surface area contributed by atoms with Crippen molar-refractivity contribution in [2.45, 2.75) is 135 Å². The third-order valence-corrected chi connectivity index (χ3v) is 9.47. The van der Waals surface area contributed by atoms with Crippen LogP contribution < -0.4 is 0 Å². The molecule has 1 aromatic rings. The van der Waals surface area contributed by atoms with Gasteiger partial charge in [-0.2, -0.15) is 0 Å². The average Bonchev–Trinajstić information content (AvgIpc) is 3.03. The zero-order valence-electron chi connectivity index (χ0n) is 26.9. The molecular weight excluding hydrogens is 584 g/mol. The first-order valence-corrected chi connectivity index (χ1v) is 15.9. The molecule has 15 atom stereocenters. The van der Waals surface area contributed by atoms with Crippen LogP contribution in [0.2, 0.25) is 0 Å². The Morgan fingerprint density at radius 3 is 2.02 bits per heavy atom. The molecule has 4 rings (SSSR count). The van der Waals surface area contributed by atoms with Gasteiger partial charge in [0.1, 0.15) is 0 Å². The number of carbonyl (C=O) groups is 1. The molecule has 0 bridgehead atoms. The van der Waals surface area contributed by atoms with Crippen molar-refractivity contribution in [2.24, 2.45) is 28.0 Å². The molecule has 0 aromatic heterocycles. The van der Waals surface area contributed by atoms with Gasteiger partial charge < -0.3 is 33.5 Å². The van der Waals surface area contributed by atoms with Gasteiger partial charge in [-0.3, -0.25) is 0 Å². The Bertz CT molecular complexity index is 1230. The molecule has 3 aliphatic rings. The van der Waals surface area contributed by atoms with Gasteiger partial charge in [0, 0.05) is 15.7 Å². The average molecular weight is 631 g/mol. The van der Waals surface area contributed by atoms with Gasteiger partial charge >= 0.3 is 5.97 Å². The topological polar surface area (TPSA) is 190 Å². The van der Waals surface area contributed by atoms with Gasteiger partial charge in [-0.1, -0.05) is 63.0 Å². The Morgan fingerprint density at radius 1 is 0.778 bits per heavy atom. The number of esters is 1. The number of aliphatic hydroxyl groups excluding tert-OH is 1. The van der Waals surface area contributed by atoms with Crippen molar-refractivity contribution < 1.29 is 38.3 Å². The molecule has 3 saturated heterocycles. The second-order valence-electron chi connectivity index (χ2n) is 12.3. The highest BCUT2D eigenvalue weighted by atomic mass is 16.7. The molecule has 45 heavy (non-hydrogen) atoms. The number of benzene rings is 1. The Hall–Kier alpha value is -2.93. The minimum atomic E-state index is -1.00. The molecule has 0 radical (unpaired) electrons. The first kappa shape index (κ1) is 34.9. The summed E-state index contributed by atoms with van der Waals surface area (Å²) in [5.41, 5.74) is 18.8. The summed E-state index contributed by atoms with van der Waals surface area (Å²) in [6.07, 6.45) is -5.44. The van der Waals surface area contributed by atoms with Gasteiger partial charge in [0.15, 0.2) is 18.7 Å². The van der Waals surface area contributed by atoms with E-state index < -0.39 is 79.1 Å². The van der Waals surface area contributed by atoms with E-state index in [1.165, 1.54) is 0 Å². The quantitative estimate of drug-likeness (QED) is 0.148. The molecule has 0 spiro atoms. The maximum absolute atomic E-state index is 13.4. The van der Waals surface area contributed by atoms with Gasteiger partial charge in [-0.05, 0) is 61.7 Å². The number of rotatable bonds is 10. The van der Waals surface area contributed by atoms with Crippen molar-refractivity contribution in [3.63, 3.8) is 0 Å². The Morgan fingerprint density at radius 2 is 1.40 bits per heavy atom. The van der Waals surface area contributed by atoms with Crippen LogP contribution >= 0.6 is 0 Å². The minimum Gasteiger partial charge on any atom is -0.453 e. The van der Waals surface area contributed by atoms with E-state index >= 15 is 0 Å². The second-order valence-corrected chi connectivity index (χ2v) is 12.3. The van der Waals surface area contributed by atoms with E-state index in [4.69, 9.17) is 28.4 Å². The Balaban J connectivity index is 1.64. The third-order valence-electron chi connectivity index (χ3n) is 9.47. The van der Waals surface area contributed by atoms with Crippen LogP contribution in [-0.2, 0) is 28.4 Å². The van der Waals surface area contributed by atoms with E-state index in [0.717, 1.165) is 0 Å². The molecule has 1 aromatic carbocycles.